The van der Waals surface area contributed by atoms with Crippen molar-refractivity contribution in [3.05, 3.63) is 193 Å². The van der Waals surface area contributed by atoms with Crippen molar-refractivity contribution in [2.24, 2.45) is 0 Å². The predicted molar refractivity (Wildman–Crippen MR) is 186 cm³/mol. The molecule has 6 aromatic carbocycles. The Bertz CT molecular complexity index is 1840. The molecule has 218 valence electrons. The van der Waals surface area contributed by atoms with Gasteiger partial charge in [-0.1, -0.05) is 147 Å². The second-order valence-corrected chi connectivity index (χ2v) is 11.2. The predicted octanol–water partition coefficient (Wildman–Crippen LogP) is 10.5. The van der Waals surface area contributed by atoms with Gasteiger partial charge in [-0.2, -0.15) is 0 Å². The van der Waals surface area contributed by atoms with Gasteiger partial charge in [-0.3, -0.25) is 0 Å². The molecular weight excluding hydrogens is 548 g/mol. The fraction of sp³-hybridized carbons (Fsp3) is 0.0698. The molecule has 0 radical (unpaired) electrons. The standard InChI is InChI=1S/C43H34O2/c1-3-27-44-41-25-23-33(29-37(41)31-15-7-5-8-16-31)43(39-21-13-11-19-35(39)36-20-12-14-22-40(36)43)34-24-26-42(45-28-4-2)38(30-34)32-17-9-6-10-18-32/h3-26,29-30H,1-2,27-28H2. The van der Waals surface area contributed by atoms with E-state index >= 15 is 0 Å². The topological polar surface area (TPSA) is 18.5 Å². The molecule has 0 bridgehead atoms. The summed E-state index contributed by atoms with van der Waals surface area (Å²) in [5.74, 6) is 1.66. The van der Waals surface area contributed by atoms with Crippen molar-refractivity contribution in [2.75, 3.05) is 13.2 Å². The molecule has 2 nitrogen and oxygen atoms in total. The van der Waals surface area contributed by atoms with E-state index in [0.29, 0.717) is 13.2 Å². The van der Waals surface area contributed by atoms with Gasteiger partial charge >= 0.3 is 0 Å². The van der Waals surface area contributed by atoms with Crippen LogP contribution in [-0.4, -0.2) is 13.2 Å². The molecule has 6 aromatic rings. The fourth-order valence-electron chi connectivity index (χ4n) is 6.79. The van der Waals surface area contributed by atoms with Crippen molar-refractivity contribution in [1.29, 1.82) is 0 Å². The number of hydrogen-bond acceptors (Lipinski definition) is 2. The van der Waals surface area contributed by atoms with Crippen LogP contribution >= 0.6 is 0 Å². The van der Waals surface area contributed by atoms with Crippen LogP contribution in [0.5, 0.6) is 11.5 Å². The first-order chi connectivity index (χ1) is 22.3. The number of rotatable bonds is 10. The molecule has 0 aromatic heterocycles. The third kappa shape index (κ3) is 4.85. The lowest BCUT2D eigenvalue weighted by atomic mass is 9.67. The first kappa shape index (κ1) is 28.2. The quantitative estimate of drug-likeness (QED) is 0.149. The molecule has 0 fully saturated rings. The van der Waals surface area contributed by atoms with Gasteiger partial charge in [0.15, 0.2) is 0 Å². The number of ether oxygens (including phenoxy) is 2. The highest BCUT2D eigenvalue weighted by Crippen LogP contribution is 2.57. The summed E-state index contributed by atoms with van der Waals surface area (Å²) in [6.45, 7) is 8.62. The zero-order valence-corrected chi connectivity index (χ0v) is 25.2. The van der Waals surface area contributed by atoms with Gasteiger partial charge in [-0.25, -0.2) is 0 Å². The molecule has 0 atom stereocenters. The van der Waals surface area contributed by atoms with Crippen LogP contribution in [0, 0.1) is 0 Å². The average Bonchev–Trinajstić information content (AvgIpc) is 3.41. The van der Waals surface area contributed by atoms with Crippen molar-refractivity contribution in [1.82, 2.24) is 0 Å². The molecule has 0 aliphatic heterocycles. The minimum absolute atomic E-state index is 0.433. The Morgan fingerprint density at radius 2 is 0.844 bits per heavy atom. The summed E-state index contributed by atoms with van der Waals surface area (Å²) in [5.41, 5.74) is 11.0. The molecule has 2 heteroatoms. The molecule has 0 spiro atoms. The Kier molecular flexibility index (Phi) is 7.63. The highest BCUT2D eigenvalue weighted by molar-refractivity contribution is 5.88. The molecule has 0 heterocycles. The summed E-state index contributed by atoms with van der Waals surface area (Å²) in [5, 5.41) is 0. The maximum Gasteiger partial charge on any atom is 0.127 e. The first-order valence-corrected chi connectivity index (χ1v) is 15.3. The summed E-state index contributed by atoms with van der Waals surface area (Å²) in [6.07, 6.45) is 3.57. The van der Waals surface area contributed by atoms with E-state index in [9.17, 15) is 0 Å². The number of benzene rings is 6. The van der Waals surface area contributed by atoms with Gasteiger partial charge in [-0.15, -0.1) is 0 Å². The summed E-state index contributed by atoms with van der Waals surface area (Å²) in [7, 11) is 0. The van der Waals surface area contributed by atoms with Crippen LogP contribution in [0.2, 0.25) is 0 Å². The zero-order chi connectivity index (χ0) is 30.6. The molecule has 45 heavy (non-hydrogen) atoms. The van der Waals surface area contributed by atoms with E-state index in [4.69, 9.17) is 9.47 Å². The maximum absolute atomic E-state index is 6.22. The van der Waals surface area contributed by atoms with Crippen LogP contribution in [0.3, 0.4) is 0 Å². The summed E-state index contributed by atoms with van der Waals surface area (Å²) in [6, 6.07) is 51.9. The Hall–Kier alpha value is -5.60. The van der Waals surface area contributed by atoms with E-state index < -0.39 is 5.41 Å². The van der Waals surface area contributed by atoms with Crippen molar-refractivity contribution < 1.29 is 9.47 Å². The normalized spacial score (nSPS) is 12.5. The van der Waals surface area contributed by atoms with E-state index in [1.165, 1.54) is 33.4 Å². The Morgan fingerprint density at radius 3 is 1.27 bits per heavy atom. The molecule has 0 amide bonds. The van der Waals surface area contributed by atoms with Crippen molar-refractivity contribution in [3.8, 4) is 44.9 Å². The third-order valence-electron chi connectivity index (χ3n) is 8.66. The fourth-order valence-corrected chi connectivity index (χ4v) is 6.79. The van der Waals surface area contributed by atoms with E-state index in [-0.39, 0.29) is 0 Å². The second kappa shape index (κ2) is 12.2. The minimum Gasteiger partial charge on any atom is -0.489 e. The van der Waals surface area contributed by atoms with E-state index in [1.54, 1.807) is 12.2 Å². The van der Waals surface area contributed by atoms with Crippen LogP contribution in [0.15, 0.2) is 171 Å². The van der Waals surface area contributed by atoms with Crippen LogP contribution in [-0.2, 0) is 5.41 Å². The van der Waals surface area contributed by atoms with Crippen molar-refractivity contribution in [2.45, 2.75) is 5.41 Å². The van der Waals surface area contributed by atoms with E-state index in [2.05, 4.69) is 147 Å². The van der Waals surface area contributed by atoms with Crippen LogP contribution in [0.4, 0.5) is 0 Å². The zero-order valence-electron chi connectivity index (χ0n) is 25.2. The monoisotopic (exact) mass is 582 g/mol. The first-order valence-electron chi connectivity index (χ1n) is 15.3. The highest BCUT2D eigenvalue weighted by atomic mass is 16.5. The smallest absolute Gasteiger partial charge is 0.127 e. The SMILES string of the molecule is C=CCOc1ccc(C2(c3ccc(OCC=C)c(-c4ccccc4)c3)c3ccccc3-c3ccccc32)cc1-c1ccccc1. The third-order valence-corrected chi connectivity index (χ3v) is 8.66. The van der Waals surface area contributed by atoms with Gasteiger partial charge in [0.05, 0.1) is 5.41 Å². The largest absolute Gasteiger partial charge is 0.489 e. The molecule has 0 unspecified atom stereocenters. The van der Waals surface area contributed by atoms with Gasteiger partial charge in [0.1, 0.15) is 24.7 Å². The molecule has 0 N–H and O–H groups in total. The van der Waals surface area contributed by atoms with Crippen molar-refractivity contribution in [3.63, 3.8) is 0 Å². The molecule has 1 aliphatic carbocycles. The second-order valence-electron chi connectivity index (χ2n) is 11.2. The lowest BCUT2D eigenvalue weighted by Crippen LogP contribution is -2.28. The Morgan fingerprint density at radius 1 is 0.444 bits per heavy atom. The van der Waals surface area contributed by atoms with Gasteiger partial charge < -0.3 is 9.47 Å². The highest BCUT2D eigenvalue weighted by Gasteiger charge is 2.46. The summed E-state index contributed by atoms with van der Waals surface area (Å²) in [4.78, 5) is 0. The summed E-state index contributed by atoms with van der Waals surface area (Å²) >= 11 is 0. The van der Waals surface area contributed by atoms with Crippen LogP contribution in [0.1, 0.15) is 22.3 Å². The maximum atomic E-state index is 6.22. The molecule has 0 saturated heterocycles. The number of hydrogen-bond donors (Lipinski definition) is 0. The average molecular weight is 583 g/mol. The molecular formula is C43H34O2. The van der Waals surface area contributed by atoms with Gasteiger partial charge in [0, 0.05) is 11.1 Å². The van der Waals surface area contributed by atoms with E-state index in [1.807, 2.05) is 12.1 Å². The van der Waals surface area contributed by atoms with Crippen LogP contribution < -0.4 is 9.47 Å². The molecule has 7 rings (SSSR count). The van der Waals surface area contributed by atoms with Gasteiger partial charge in [0.25, 0.3) is 0 Å². The Labute approximate surface area is 265 Å². The van der Waals surface area contributed by atoms with Gasteiger partial charge in [-0.05, 0) is 68.8 Å². The minimum atomic E-state index is -0.589. The lowest BCUT2D eigenvalue weighted by Gasteiger charge is -2.35. The lowest BCUT2D eigenvalue weighted by molar-refractivity contribution is 0.364. The number of fused-ring (bicyclic) bond motifs is 3. The Balaban J connectivity index is 1.56. The van der Waals surface area contributed by atoms with Crippen molar-refractivity contribution >= 4 is 0 Å². The summed E-state index contributed by atoms with van der Waals surface area (Å²) < 4.78 is 12.4. The molecule has 0 saturated carbocycles. The van der Waals surface area contributed by atoms with E-state index in [0.717, 1.165) is 33.8 Å². The van der Waals surface area contributed by atoms with Crippen LogP contribution in [0.25, 0.3) is 33.4 Å². The van der Waals surface area contributed by atoms with Gasteiger partial charge in [0.2, 0.25) is 0 Å². The molecule has 1 aliphatic rings.